The van der Waals surface area contributed by atoms with E-state index in [2.05, 4.69) is 31.8 Å². The van der Waals surface area contributed by atoms with E-state index in [9.17, 15) is 9.59 Å². The van der Waals surface area contributed by atoms with Gasteiger partial charge in [0.1, 0.15) is 17.2 Å². The average Bonchev–Trinajstić information content (AvgIpc) is 2.76. The largest absolute Gasteiger partial charge is 0.496 e. The monoisotopic (exact) mass is 467 g/mol. The summed E-state index contributed by atoms with van der Waals surface area (Å²) in [6.07, 6.45) is 1.39. The Morgan fingerprint density at radius 3 is 2.33 bits per heavy atom. The molecule has 0 unspecified atom stereocenters. The Bertz CT molecular complexity index is 1050. The Morgan fingerprint density at radius 2 is 1.63 bits per heavy atom. The van der Waals surface area contributed by atoms with E-state index in [1.54, 1.807) is 36.4 Å². The Balaban J connectivity index is 1.54. The number of anilines is 1. The van der Waals surface area contributed by atoms with E-state index in [0.29, 0.717) is 28.5 Å². The van der Waals surface area contributed by atoms with Gasteiger partial charge in [-0.3, -0.25) is 9.59 Å². The highest BCUT2D eigenvalue weighted by Crippen LogP contribution is 2.23. The van der Waals surface area contributed by atoms with Crippen molar-refractivity contribution in [3.05, 3.63) is 82.8 Å². The topological polar surface area (TPSA) is 89.0 Å². The maximum atomic E-state index is 12.0. The van der Waals surface area contributed by atoms with E-state index >= 15 is 0 Å². The Kier molecular flexibility index (Phi) is 7.18. The number of nitrogens with one attached hydrogen (secondary N) is 2. The van der Waals surface area contributed by atoms with Crippen LogP contribution in [0.2, 0.25) is 0 Å². The molecule has 0 aliphatic rings. The maximum Gasteiger partial charge on any atom is 0.329 e. The number of ether oxygens (including phenoxy) is 2. The van der Waals surface area contributed by atoms with Gasteiger partial charge in [0.25, 0.3) is 0 Å². The van der Waals surface area contributed by atoms with E-state index < -0.39 is 11.8 Å². The number of hydrazone groups is 1. The third-order valence-corrected chi connectivity index (χ3v) is 4.35. The zero-order valence-electron chi connectivity index (χ0n) is 16.0. The molecular weight excluding hydrogens is 450 g/mol. The maximum absolute atomic E-state index is 12.0. The van der Waals surface area contributed by atoms with Crippen molar-refractivity contribution in [2.24, 2.45) is 5.10 Å². The fraction of sp³-hybridized carbons (Fsp3) is 0.0455. The molecule has 7 nitrogen and oxygen atoms in total. The summed E-state index contributed by atoms with van der Waals surface area (Å²) in [5.41, 5.74) is 3.28. The number of methoxy groups -OCH3 is 1. The first kappa shape index (κ1) is 21.1. The molecule has 3 aromatic rings. The minimum Gasteiger partial charge on any atom is -0.496 e. The van der Waals surface area contributed by atoms with Crippen molar-refractivity contribution in [2.75, 3.05) is 12.4 Å². The molecule has 152 valence electrons. The summed E-state index contributed by atoms with van der Waals surface area (Å²) in [7, 11) is 1.53. The number of hydrogen-bond donors (Lipinski definition) is 2. The van der Waals surface area contributed by atoms with Crippen molar-refractivity contribution >= 4 is 39.6 Å². The quantitative estimate of drug-likeness (QED) is 0.320. The van der Waals surface area contributed by atoms with Crippen LogP contribution in [0, 0.1) is 0 Å². The normalized spacial score (nSPS) is 10.5. The van der Waals surface area contributed by atoms with E-state index in [1.165, 1.54) is 13.3 Å². The molecule has 0 aromatic heterocycles. The fourth-order valence-corrected chi connectivity index (χ4v) is 2.81. The molecule has 3 aromatic carbocycles. The number of hydrogen-bond acceptors (Lipinski definition) is 5. The molecule has 0 heterocycles. The third kappa shape index (κ3) is 5.92. The summed E-state index contributed by atoms with van der Waals surface area (Å²) in [5, 5.41) is 6.31. The smallest absolute Gasteiger partial charge is 0.329 e. The standard InChI is InChI=1S/C22H18BrN3O4/c1-29-20-12-7-16(23)13-15(20)14-24-26-22(28)21(27)25-17-8-10-19(11-9-17)30-18-5-3-2-4-6-18/h2-14H,1H3,(H,25,27)(H,26,28)/b24-14-. The predicted octanol–water partition coefficient (Wildman–Crippen LogP) is 4.34. The van der Waals surface area contributed by atoms with Crippen LogP contribution in [0.15, 0.2) is 82.4 Å². The lowest BCUT2D eigenvalue weighted by Crippen LogP contribution is -2.32. The van der Waals surface area contributed by atoms with Gasteiger partial charge in [0.15, 0.2) is 0 Å². The molecule has 0 saturated heterocycles. The van der Waals surface area contributed by atoms with Gasteiger partial charge in [0.2, 0.25) is 0 Å². The van der Waals surface area contributed by atoms with Gasteiger partial charge in [-0.15, -0.1) is 0 Å². The molecule has 8 heteroatoms. The minimum atomic E-state index is -0.898. The highest BCUT2D eigenvalue weighted by atomic mass is 79.9. The minimum absolute atomic E-state index is 0.452. The first-order valence-corrected chi connectivity index (χ1v) is 9.65. The van der Waals surface area contributed by atoms with Gasteiger partial charge in [-0.25, -0.2) is 5.43 Å². The van der Waals surface area contributed by atoms with Crippen molar-refractivity contribution in [2.45, 2.75) is 0 Å². The molecule has 2 N–H and O–H groups in total. The summed E-state index contributed by atoms with van der Waals surface area (Å²) < 4.78 is 11.7. The number of amides is 2. The molecular formula is C22H18BrN3O4. The number of benzene rings is 3. The van der Waals surface area contributed by atoms with E-state index in [0.717, 1.165) is 4.47 Å². The first-order valence-electron chi connectivity index (χ1n) is 8.86. The molecule has 0 atom stereocenters. The van der Waals surface area contributed by atoms with Crippen LogP contribution in [-0.2, 0) is 9.59 Å². The van der Waals surface area contributed by atoms with E-state index in [4.69, 9.17) is 9.47 Å². The summed E-state index contributed by atoms with van der Waals surface area (Å²) >= 11 is 3.35. The molecule has 0 bridgehead atoms. The molecule has 0 fully saturated rings. The lowest BCUT2D eigenvalue weighted by atomic mass is 10.2. The molecule has 0 aliphatic carbocycles. The average molecular weight is 468 g/mol. The molecule has 2 amide bonds. The SMILES string of the molecule is COc1ccc(Br)cc1/C=N\NC(=O)C(=O)Nc1ccc(Oc2ccccc2)cc1. The van der Waals surface area contributed by atoms with Crippen LogP contribution >= 0.6 is 15.9 Å². The van der Waals surface area contributed by atoms with Gasteiger partial charge in [0.05, 0.1) is 13.3 Å². The molecule has 0 saturated carbocycles. The second-order valence-electron chi connectivity index (χ2n) is 5.98. The number of halogens is 1. The van der Waals surface area contributed by atoms with E-state index in [-0.39, 0.29) is 0 Å². The van der Waals surface area contributed by atoms with Crippen LogP contribution in [0.4, 0.5) is 5.69 Å². The van der Waals surface area contributed by atoms with Gasteiger partial charge in [-0.05, 0) is 54.6 Å². The van der Waals surface area contributed by atoms with Crippen LogP contribution in [0.5, 0.6) is 17.2 Å². The van der Waals surface area contributed by atoms with Crippen molar-refractivity contribution < 1.29 is 19.1 Å². The van der Waals surface area contributed by atoms with Crippen LogP contribution in [0.3, 0.4) is 0 Å². The second-order valence-corrected chi connectivity index (χ2v) is 6.89. The first-order chi connectivity index (χ1) is 14.5. The highest BCUT2D eigenvalue weighted by molar-refractivity contribution is 9.10. The predicted molar refractivity (Wildman–Crippen MR) is 118 cm³/mol. The number of rotatable bonds is 6. The van der Waals surface area contributed by atoms with Gasteiger partial charge in [-0.2, -0.15) is 5.10 Å². The van der Waals surface area contributed by atoms with E-state index in [1.807, 2.05) is 36.4 Å². The molecule has 0 radical (unpaired) electrons. The summed E-state index contributed by atoms with van der Waals surface area (Å²) in [4.78, 5) is 24.0. The zero-order chi connectivity index (χ0) is 21.3. The highest BCUT2D eigenvalue weighted by Gasteiger charge is 2.13. The number of para-hydroxylation sites is 1. The molecule has 0 spiro atoms. The van der Waals surface area contributed by atoms with Crippen molar-refractivity contribution in [3.8, 4) is 17.2 Å². The number of carbonyl (C=O) groups excluding carboxylic acids is 2. The summed E-state index contributed by atoms with van der Waals surface area (Å²) in [6.45, 7) is 0. The molecule has 3 rings (SSSR count). The number of nitrogens with zero attached hydrogens (tertiary/aromatic N) is 1. The van der Waals surface area contributed by atoms with Gasteiger partial charge in [-0.1, -0.05) is 34.1 Å². The third-order valence-electron chi connectivity index (χ3n) is 3.86. The van der Waals surface area contributed by atoms with Crippen LogP contribution < -0.4 is 20.2 Å². The lowest BCUT2D eigenvalue weighted by molar-refractivity contribution is -0.136. The summed E-state index contributed by atoms with van der Waals surface area (Å²) in [6, 6.07) is 21.3. The van der Waals surface area contributed by atoms with Crippen LogP contribution in [-0.4, -0.2) is 25.1 Å². The molecule has 30 heavy (non-hydrogen) atoms. The van der Waals surface area contributed by atoms with Gasteiger partial charge >= 0.3 is 11.8 Å². The van der Waals surface area contributed by atoms with Gasteiger partial charge < -0.3 is 14.8 Å². The Hall–Kier alpha value is -3.65. The fourth-order valence-electron chi connectivity index (χ4n) is 2.44. The Morgan fingerprint density at radius 1 is 0.933 bits per heavy atom. The lowest BCUT2D eigenvalue weighted by Gasteiger charge is -2.07. The summed E-state index contributed by atoms with van der Waals surface area (Å²) in [5.74, 6) is 0.151. The van der Waals surface area contributed by atoms with Crippen molar-refractivity contribution in [3.63, 3.8) is 0 Å². The van der Waals surface area contributed by atoms with Crippen LogP contribution in [0.1, 0.15) is 5.56 Å². The zero-order valence-corrected chi connectivity index (χ0v) is 17.5. The van der Waals surface area contributed by atoms with Crippen molar-refractivity contribution in [1.82, 2.24) is 5.43 Å². The van der Waals surface area contributed by atoms with Gasteiger partial charge in [0, 0.05) is 15.7 Å². The Labute approximate surface area is 181 Å². The van der Waals surface area contributed by atoms with Crippen molar-refractivity contribution in [1.29, 1.82) is 0 Å². The number of carbonyl (C=O) groups is 2. The molecule has 0 aliphatic heterocycles. The second kappa shape index (κ2) is 10.2. The van der Waals surface area contributed by atoms with Crippen LogP contribution in [0.25, 0.3) is 0 Å².